The molecule has 2 heterocycles. The number of halogens is 1. The summed E-state index contributed by atoms with van der Waals surface area (Å²) in [4.78, 5) is 22.1. The molecule has 0 aliphatic carbocycles. The van der Waals surface area contributed by atoms with Crippen molar-refractivity contribution in [3.63, 3.8) is 0 Å². The molecule has 4 rings (SSSR count). The molecular weight excluding hydrogens is 333 g/mol. The van der Waals surface area contributed by atoms with E-state index in [1.54, 1.807) is 17.0 Å². The largest absolute Gasteiger partial charge is 0.370 e. The van der Waals surface area contributed by atoms with Crippen LogP contribution in [-0.2, 0) is 4.74 Å². The van der Waals surface area contributed by atoms with Crippen LogP contribution >= 0.6 is 0 Å². The Kier molecular flexibility index (Phi) is 4.50. The second kappa shape index (κ2) is 7.09. The van der Waals surface area contributed by atoms with E-state index in [2.05, 4.69) is 9.97 Å². The van der Waals surface area contributed by atoms with E-state index in [1.807, 2.05) is 30.3 Å². The summed E-state index contributed by atoms with van der Waals surface area (Å²) in [6, 6.07) is 15.8. The van der Waals surface area contributed by atoms with Crippen molar-refractivity contribution in [1.29, 1.82) is 0 Å². The van der Waals surface area contributed by atoms with Crippen LogP contribution in [-0.4, -0.2) is 40.5 Å². The maximum atomic E-state index is 13.1. The lowest BCUT2D eigenvalue weighted by atomic mass is 10.1. The predicted molar refractivity (Wildman–Crippen MR) is 95.0 cm³/mol. The second-order valence-electron chi connectivity index (χ2n) is 6.15. The van der Waals surface area contributed by atoms with E-state index < -0.39 is 0 Å². The van der Waals surface area contributed by atoms with Crippen molar-refractivity contribution in [2.24, 2.45) is 0 Å². The molecule has 1 amide bonds. The molecule has 1 fully saturated rings. The summed E-state index contributed by atoms with van der Waals surface area (Å²) < 4.78 is 18.9. The number of morpholine rings is 1. The fourth-order valence-corrected chi connectivity index (χ4v) is 3.14. The molecule has 2 aromatic carbocycles. The lowest BCUT2D eigenvalue weighted by molar-refractivity contribution is -0.0230. The Balaban J connectivity index is 1.55. The van der Waals surface area contributed by atoms with E-state index in [-0.39, 0.29) is 17.8 Å². The lowest BCUT2D eigenvalue weighted by Gasteiger charge is -2.33. The van der Waals surface area contributed by atoms with Crippen LogP contribution in [0, 0.1) is 5.82 Å². The molecule has 0 radical (unpaired) electrons. The van der Waals surface area contributed by atoms with Crippen molar-refractivity contribution in [3.8, 4) is 11.3 Å². The first-order valence-electron chi connectivity index (χ1n) is 8.47. The standard InChI is InChI=1S/C20H18FN3O2/c21-16-8-6-14(7-9-16)17-12-24(10-11-26-17)20(25)19-18(22-13-23-19)15-4-2-1-3-5-15/h1-9,13,17H,10-12H2,(H,22,23). The van der Waals surface area contributed by atoms with Crippen molar-refractivity contribution in [2.45, 2.75) is 6.10 Å². The van der Waals surface area contributed by atoms with Crippen LogP contribution in [0.4, 0.5) is 4.39 Å². The quantitative estimate of drug-likeness (QED) is 0.786. The molecule has 132 valence electrons. The maximum absolute atomic E-state index is 13.1. The molecule has 1 atom stereocenters. The maximum Gasteiger partial charge on any atom is 0.272 e. The molecule has 1 aliphatic heterocycles. The van der Waals surface area contributed by atoms with Crippen LogP contribution in [0.2, 0.25) is 0 Å². The average Bonchev–Trinajstić information content (AvgIpc) is 3.18. The van der Waals surface area contributed by atoms with E-state index >= 15 is 0 Å². The van der Waals surface area contributed by atoms with Crippen LogP contribution in [0.3, 0.4) is 0 Å². The zero-order valence-electron chi connectivity index (χ0n) is 14.1. The Hall–Kier alpha value is -2.99. The van der Waals surface area contributed by atoms with Crippen LogP contribution < -0.4 is 0 Å². The molecule has 0 bridgehead atoms. The normalized spacial score (nSPS) is 17.3. The molecule has 1 saturated heterocycles. The number of ether oxygens (including phenoxy) is 1. The Labute approximate surface area is 150 Å². The third-order valence-electron chi connectivity index (χ3n) is 4.50. The highest BCUT2D eigenvalue weighted by molar-refractivity contribution is 5.98. The molecule has 1 aliphatic rings. The van der Waals surface area contributed by atoms with E-state index in [9.17, 15) is 9.18 Å². The molecule has 1 unspecified atom stereocenters. The van der Waals surface area contributed by atoms with Crippen LogP contribution in [0.25, 0.3) is 11.3 Å². The number of H-pyrrole nitrogens is 1. The summed E-state index contributed by atoms with van der Waals surface area (Å²) in [6.07, 6.45) is 1.27. The third kappa shape index (κ3) is 3.23. The number of nitrogens with one attached hydrogen (secondary N) is 1. The molecule has 6 heteroatoms. The van der Waals surface area contributed by atoms with Crippen molar-refractivity contribution in [2.75, 3.05) is 19.7 Å². The van der Waals surface area contributed by atoms with E-state index in [0.717, 1.165) is 11.1 Å². The van der Waals surface area contributed by atoms with Gasteiger partial charge in [-0.05, 0) is 17.7 Å². The summed E-state index contributed by atoms with van der Waals surface area (Å²) in [5, 5.41) is 0. The fourth-order valence-electron chi connectivity index (χ4n) is 3.14. The summed E-state index contributed by atoms with van der Waals surface area (Å²) >= 11 is 0. The van der Waals surface area contributed by atoms with Gasteiger partial charge in [0, 0.05) is 12.1 Å². The van der Waals surface area contributed by atoms with Crippen LogP contribution in [0.5, 0.6) is 0 Å². The molecule has 5 nitrogen and oxygen atoms in total. The first-order chi connectivity index (χ1) is 12.7. The number of hydrogen-bond donors (Lipinski definition) is 1. The van der Waals surface area contributed by atoms with Crippen LogP contribution in [0.15, 0.2) is 60.9 Å². The van der Waals surface area contributed by atoms with Gasteiger partial charge in [-0.2, -0.15) is 0 Å². The molecule has 1 aromatic heterocycles. The van der Waals surface area contributed by atoms with Gasteiger partial charge < -0.3 is 14.6 Å². The smallest absolute Gasteiger partial charge is 0.272 e. The van der Waals surface area contributed by atoms with Gasteiger partial charge in [-0.3, -0.25) is 4.79 Å². The zero-order valence-corrected chi connectivity index (χ0v) is 14.1. The zero-order chi connectivity index (χ0) is 17.9. The highest BCUT2D eigenvalue weighted by Crippen LogP contribution is 2.26. The molecule has 0 spiro atoms. The summed E-state index contributed by atoms with van der Waals surface area (Å²) in [7, 11) is 0. The highest BCUT2D eigenvalue weighted by Gasteiger charge is 2.28. The monoisotopic (exact) mass is 351 g/mol. The van der Waals surface area contributed by atoms with Gasteiger partial charge in [0.25, 0.3) is 5.91 Å². The van der Waals surface area contributed by atoms with Gasteiger partial charge in [0.05, 0.1) is 19.5 Å². The van der Waals surface area contributed by atoms with Gasteiger partial charge in [-0.25, -0.2) is 9.37 Å². The first-order valence-corrected chi connectivity index (χ1v) is 8.47. The molecule has 0 saturated carbocycles. The summed E-state index contributed by atoms with van der Waals surface area (Å²) in [6.45, 7) is 1.35. The predicted octanol–water partition coefficient (Wildman–Crippen LogP) is 3.43. The topological polar surface area (TPSA) is 58.2 Å². The Morgan fingerprint density at radius 3 is 2.69 bits per heavy atom. The first kappa shape index (κ1) is 16.5. The molecule has 1 N–H and O–H groups in total. The minimum Gasteiger partial charge on any atom is -0.370 e. The highest BCUT2D eigenvalue weighted by atomic mass is 19.1. The number of nitrogens with zero attached hydrogens (tertiary/aromatic N) is 2. The van der Waals surface area contributed by atoms with Gasteiger partial charge in [0.1, 0.15) is 23.3 Å². The summed E-state index contributed by atoms with van der Waals surface area (Å²) in [5.41, 5.74) is 2.86. The van der Waals surface area contributed by atoms with Gasteiger partial charge in [-0.1, -0.05) is 42.5 Å². The minimum atomic E-state index is -0.289. The van der Waals surface area contributed by atoms with Crippen molar-refractivity contribution < 1.29 is 13.9 Å². The van der Waals surface area contributed by atoms with E-state index in [0.29, 0.717) is 31.1 Å². The number of amides is 1. The van der Waals surface area contributed by atoms with Crippen molar-refractivity contribution >= 4 is 5.91 Å². The van der Waals surface area contributed by atoms with Gasteiger partial charge in [-0.15, -0.1) is 0 Å². The number of aromatic amines is 1. The molecule has 26 heavy (non-hydrogen) atoms. The SMILES string of the molecule is O=C(c1[nH]cnc1-c1ccccc1)N1CCOC(c2ccc(F)cc2)C1. The number of rotatable bonds is 3. The van der Waals surface area contributed by atoms with Crippen molar-refractivity contribution in [1.82, 2.24) is 14.9 Å². The lowest BCUT2D eigenvalue weighted by Crippen LogP contribution is -2.42. The number of aromatic nitrogens is 2. The second-order valence-corrected chi connectivity index (χ2v) is 6.15. The molecular formula is C20H18FN3O2. The fraction of sp³-hybridized carbons (Fsp3) is 0.200. The van der Waals surface area contributed by atoms with Crippen molar-refractivity contribution in [3.05, 3.63) is 78.0 Å². The third-order valence-corrected chi connectivity index (χ3v) is 4.50. The molecule has 3 aromatic rings. The Morgan fingerprint density at radius 1 is 1.15 bits per heavy atom. The minimum absolute atomic E-state index is 0.114. The van der Waals surface area contributed by atoms with Crippen LogP contribution in [0.1, 0.15) is 22.2 Å². The van der Waals surface area contributed by atoms with Gasteiger partial charge in [0.2, 0.25) is 0 Å². The van der Waals surface area contributed by atoms with Gasteiger partial charge >= 0.3 is 0 Å². The average molecular weight is 351 g/mol. The van der Waals surface area contributed by atoms with E-state index in [4.69, 9.17) is 4.74 Å². The van der Waals surface area contributed by atoms with E-state index in [1.165, 1.54) is 18.5 Å². The Bertz CT molecular complexity index is 893. The van der Waals surface area contributed by atoms with Gasteiger partial charge in [0.15, 0.2) is 0 Å². The Morgan fingerprint density at radius 2 is 1.92 bits per heavy atom. The number of hydrogen-bond acceptors (Lipinski definition) is 3. The number of carbonyl (C=O) groups excluding carboxylic acids is 1. The number of imidazole rings is 1. The summed E-state index contributed by atoms with van der Waals surface area (Å²) in [5.74, 6) is -0.404. The number of carbonyl (C=O) groups is 1. The number of benzene rings is 2.